The van der Waals surface area contributed by atoms with Gasteiger partial charge in [0.1, 0.15) is 6.04 Å². The maximum atomic E-state index is 12.5. The van der Waals surface area contributed by atoms with Crippen molar-refractivity contribution in [2.24, 2.45) is 0 Å². The van der Waals surface area contributed by atoms with Crippen LogP contribution >= 0.6 is 0 Å². The quantitative estimate of drug-likeness (QED) is 0.630. The monoisotopic (exact) mass is 297 g/mol. The SMILES string of the molecule is CONC(CC(=O)c1cccc(C)c1)C(=O)c1ccccc1. The van der Waals surface area contributed by atoms with Gasteiger partial charge in [-0.25, -0.2) is 0 Å². The van der Waals surface area contributed by atoms with Crippen molar-refractivity contribution in [2.75, 3.05) is 7.11 Å². The van der Waals surface area contributed by atoms with Gasteiger partial charge in [-0.3, -0.25) is 9.59 Å². The molecule has 4 nitrogen and oxygen atoms in total. The Bertz CT molecular complexity index is 652. The van der Waals surface area contributed by atoms with Gasteiger partial charge in [-0.15, -0.1) is 0 Å². The van der Waals surface area contributed by atoms with E-state index in [0.29, 0.717) is 11.1 Å². The number of carbonyl (C=O) groups excluding carboxylic acids is 2. The zero-order valence-electron chi connectivity index (χ0n) is 12.7. The number of hydroxylamine groups is 1. The molecule has 0 amide bonds. The summed E-state index contributed by atoms with van der Waals surface area (Å²) in [5.41, 5.74) is 4.79. The molecule has 22 heavy (non-hydrogen) atoms. The van der Waals surface area contributed by atoms with E-state index < -0.39 is 6.04 Å². The number of hydrogen-bond donors (Lipinski definition) is 1. The van der Waals surface area contributed by atoms with E-state index in [2.05, 4.69) is 5.48 Å². The lowest BCUT2D eigenvalue weighted by Crippen LogP contribution is -2.38. The lowest BCUT2D eigenvalue weighted by atomic mass is 9.97. The molecule has 1 N–H and O–H groups in total. The van der Waals surface area contributed by atoms with Crippen LogP contribution in [0.25, 0.3) is 0 Å². The number of aryl methyl sites for hydroxylation is 1. The Kier molecular flexibility index (Phi) is 5.58. The van der Waals surface area contributed by atoms with Gasteiger partial charge in [0, 0.05) is 17.5 Å². The first-order valence-electron chi connectivity index (χ1n) is 7.09. The number of nitrogens with one attached hydrogen (secondary N) is 1. The molecule has 1 atom stereocenters. The Balaban J connectivity index is 2.15. The van der Waals surface area contributed by atoms with Crippen LogP contribution in [0.5, 0.6) is 0 Å². The first-order valence-corrected chi connectivity index (χ1v) is 7.09. The maximum Gasteiger partial charge on any atom is 0.182 e. The Morgan fingerprint density at radius 3 is 2.36 bits per heavy atom. The fourth-order valence-electron chi connectivity index (χ4n) is 2.26. The number of rotatable bonds is 7. The van der Waals surface area contributed by atoms with Crippen LogP contribution in [0.3, 0.4) is 0 Å². The van der Waals surface area contributed by atoms with Gasteiger partial charge in [0.2, 0.25) is 0 Å². The highest BCUT2D eigenvalue weighted by atomic mass is 16.6. The Morgan fingerprint density at radius 2 is 1.73 bits per heavy atom. The minimum absolute atomic E-state index is 0.0466. The van der Waals surface area contributed by atoms with Crippen LogP contribution in [0.4, 0.5) is 0 Å². The second kappa shape index (κ2) is 7.64. The highest BCUT2D eigenvalue weighted by Gasteiger charge is 2.23. The molecule has 0 aliphatic carbocycles. The van der Waals surface area contributed by atoms with Gasteiger partial charge in [0.15, 0.2) is 11.6 Å². The van der Waals surface area contributed by atoms with Gasteiger partial charge in [0.25, 0.3) is 0 Å². The topological polar surface area (TPSA) is 55.4 Å². The van der Waals surface area contributed by atoms with Crippen molar-refractivity contribution in [3.63, 3.8) is 0 Å². The van der Waals surface area contributed by atoms with E-state index in [-0.39, 0.29) is 18.0 Å². The van der Waals surface area contributed by atoms with Crippen molar-refractivity contribution in [3.05, 3.63) is 71.3 Å². The molecule has 4 heteroatoms. The predicted molar refractivity (Wildman–Crippen MR) is 84.8 cm³/mol. The van der Waals surface area contributed by atoms with Crippen molar-refractivity contribution in [1.82, 2.24) is 5.48 Å². The van der Waals surface area contributed by atoms with Gasteiger partial charge in [-0.1, -0.05) is 54.1 Å². The fourth-order valence-corrected chi connectivity index (χ4v) is 2.26. The van der Waals surface area contributed by atoms with Crippen LogP contribution in [0.15, 0.2) is 54.6 Å². The molecule has 0 heterocycles. The second-order valence-electron chi connectivity index (χ2n) is 5.10. The average molecular weight is 297 g/mol. The molecule has 0 radical (unpaired) electrons. The molecule has 0 aliphatic rings. The molecule has 0 aliphatic heterocycles. The van der Waals surface area contributed by atoms with E-state index in [1.54, 1.807) is 30.3 Å². The number of hydrogen-bond acceptors (Lipinski definition) is 4. The predicted octanol–water partition coefficient (Wildman–Crippen LogP) is 2.97. The van der Waals surface area contributed by atoms with Crippen molar-refractivity contribution in [3.8, 4) is 0 Å². The van der Waals surface area contributed by atoms with Crippen molar-refractivity contribution >= 4 is 11.6 Å². The summed E-state index contributed by atoms with van der Waals surface area (Å²) in [6.45, 7) is 1.93. The lowest BCUT2D eigenvalue weighted by Gasteiger charge is -2.15. The van der Waals surface area contributed by atoms with Crippen molar-refractivity contribution in [2.45, 2.75) is 19.4 Å². The van der Waals surface area contributed by atoms with Gasteiger partial charge >= 0.3 is 0 Å². The van der Waals surface area contributed by atoms with Gasteiger partial charge < -0.3 is 4.84 Å². The minimum Gasteiger partial charge on any atom is -0.304 e. The molecule has 1 unspecified atom stereocenters. The van der Waals surface area contributed by atoms with E-state index >= 15 is 0 Å². The smallest absolute Gasteiger partial charge is 0.182 e. The molecule has 2 aromatic rings. The number of benzene rings is 2. The van der Waals surface area contributed by atoms with Crippen LogP contribution < -0.4 is 5.48 Å². The van der Waals surface area contributed by atoms with Gasteiger partial charge in [-0.2, -0.15) is 5.48 Å². The lowest BCUT2D eigenvalue weighted by molar-refractivity contribution is 0.0473. The van der Waals surface area contributed by atoms with E-state index in [0.717, 1.165) is 5.56 Å². The van der Waals surface area contributed by atoms with Crippen molar-refractivity contribution < 1.29 is 14.4 Å². The molecule has 0 aromatic heterocycles. The zero-order valence-corrected chi connectivity index (χ0v) is 12.7. The standard InChI is InChI=1S/C18H19NO3/c1-13-7-6-10-15(11-13)17(20)12-16(19-22-2)18(21)14-8-4-3-5-9-14/h3-11,16,19H,12H2,1-2H3. The number of carbonyl (C=O) groups is 2. The van der Waals surface area contributed by atoms with Gasteiger partial charge in [0.05, 0.1) is 7.11 Å². The Hall–Kier alpha value is -2.30. The summed E-state index contributed by atoms with van der Waals surface area (Å²) in [5, 5.41) is 0. The first-order chi connectivity index (χ1) is 10.6. The van der Waals surface area contributed by atoms with Gasteiger partial charge in [-0.05, 0) is 13.0 Å². The molecule has 0 bridgehead atoms. The van der Waals surface area contributed by atoms with E-state index in [9.17, 15) is 9.59 Å². The fraction of sp³-hybridized carbons (Fsp3) is 0.222. The summed E-state index contributed by atoms with van der Waals surface area (Å²) in [4.78, 5) is 29.7. The molecule has 114 valence electrons. The van der Waals surface area contributed by atoms with Crippen LogP contribution in [0.2, 0.25) is 0 Å². The van der Waals surface area contributed by atoms with Crippen LogP contribution in [0.1, 0.15) is 32.7 Å². The highest BCUT2D eigenvalue weighted by molar-refractivity contribution is 6.05. The molecular weight excluding hydrogens is 278 g/mol. The summed E-state index contributed by atoms with van der Waals surface area (Å²) in [6.07, 6.45) is 0.0466. The van der Waals surface area contributed by atoms with E-state index in [4.69, 9.17) is 4.84 Å². The largest absolute Gasteiger partial charge is 0.304 e. The van der Waals surface area contributed by atoms with Crippen molar-refractivity contribution in [1.29, 1.82) is 0 Å². The maximum absolute atomic E-state index is 12.5. The Labute approximate surface area is 130 Å². The van der Waals surface area contributed by atoms with Crippen LogP contribution in [-0.2, 0) is 4.84 Å². The van der Waals surface area contributed by atoms with Crippen LogP contribution in [-0.4, -0.2) is 24.7 Å². The number of Topliss-reactive ketones (excluding diaryl/α,β-unsaturated/α-hetero) is 2. The molecular formula is C18H19NO3. The molecule has 0 spiro atoms. The molecule has 0 saturated carbocycles. The molecule has 2 rings (SSSR count). The molecule has 0 fully saturated rings. The highest BCUT2D eigenvalue weighted by Crippen LogP contribution is 2.12. The summed E-state index contributed by atoms with van der Waals surface area (Å²) in [6, 6.07) is 15.5. The third kappa shape index (κ3) is 4.10. The summed E-state index contributed by atoms with van der Waals surface area (Å²) < 4.78 is 0. The van der Waals surface area contributed by atoms with Crippen LogP contribution in [0, 0.1) is 6.92 Å². The molecule has 0 saturated heterocycles. The third-order valence-corrected chi connectivity index (χ3v) is 3.36. The summed E-state index contributed by atoms with van der Waals surface area (Å²) >= 11 is 0. The average Bonchev–Trinajstić information content (AvgIpc) is 2.54. The second-order valence-corrected chi connectivity index (χ2v) is 5.10. The zero-order chi connectivity index (χ0) is 15.9. The van der Waals surface area contributed by atoms with E-state index in [1.165, 1.54) is 7.11 Å². The van der Waals surface area contributed by atoms with E-state index in [1.807, 2.05) is 31.2 Å². The Morgan fingerprint density at radius 1 is 1.05 bits per heavy atom. The molecule has 2 aromatic carbocycles. The first kappa shape index (κ1) is 16.1. The third-order valence-electron chi connectivity index (χ3n) is 3.36. The normalized spacial score (nSPS) is 11.9. The minimum atomic E-state index is -0.708. The summed E-state index contributed by atoms with van der Waals surface area (Å²) in [7, 11) is 1.43. The summed E-state index contributed by atoms with van der Waals surface area (Å²) in [5.74, 6) is -0.258. The number of ketones is 2.